The van der Waals surface area contributed by atoms with Gasteiger partial charge >= 0.3 is 0 Å². The SMILES string of the molecule is C=CCNC(=O)c1ccc(Cl)c(OCOCC)c1. The Morgan fingerprint density at radius 2 is 2.33 bits per heavy atom. The zero-order valence-corrected chi connectivity index (χ0v) is 11.0. The van der Waals surface area contributed by atoms with E-state index in [4.69, 9.17) is 21.1 Å². The quantitative estimate of drug-likeness (QED) is 0.470. The lowest BCUT2D eigenvalue weighted by atomic mass is 10.2. The van der Waals surface area contributed by atoms with Crippen molar-refractivity contribution in [1.29, 1.82) is 0 Å². The van der Waals surface area contributed by atoms with E-state index in [-0.39, 0.29) is 12.7 Å². The van der Waals surface area contributed by atoms with Crippen molar-refractivity contribution in [3.63, 3.8) is 0 Å². The molecule has 0 bridgehead atoms. The van der Waals surface area contributed by atoms with Crippen molar-refractivity contribution in [2.75, 3.05) is 19.9 Å². The number of ether oxygens (including phenoxy) is 2. The topological polar surface area (TPSA) is 47.6 Å². The first-order chi connectivity index (χ1) is 8.69. The summed E-state index contributed by atoms with van der Waals surface area (Å²) in [5.74, 6) is 0.226. The molecule has 98 valence electrons. The van der Waals surface area contributed by atoms with Crippen LogP contribution in [0.5, 0.6) is 5.75 Å². The molecule has 0 aliphatic carbocycles. The van der Waals surface area contributed by atoms with Crippen LogP contribution in [0.2, 0.25) is 5.02 Å². The molecule has 0 aliphatic heterocycles. The molecule has 0 spiro atoms. The van der Waals surface area contributed by atoms with Gasteiger partial charge in [0.25, 0.3) is 5.91 Å². The second-order valence-electron chi connectivity index (χ2n) is 3.40. The summed E-state index contributed by atoms with van der Waals surface area (Å²) in [5, 5.41) is 3.12. The van der Waals surface area contributed by atoms with Gasteiger partial charge in [0.1, 0.15) is 5.75 Å². The molecule has 0 heterocycles. The maximum atomic E-state index is 11.7. The molecular formula is C13H16ClNO3. The number of carbonyl (C=O) groups is 1. The summed E-state index contributed by atoms with van der Waals surface area (Å²) >= 11 is 5.96. The first-order valence-electron chi connectivity index (χ1n) is 5.58. The second kappa shape index (κ2) is 7.74. The molecule has 0 aromatic heterocycles. The zero-order chi connectivity index (χ0) is 13.4. The molecule has 5 heteroatoms. The van der Waals surface area contributed by atoms with Gasteiger partial charge in [-0.25, -0.2) is 0 Å². The Morgan fingerprint density at radius 3 is 3.00 bits per heavy atom. The minimum absolute atomic E-state index is 0.105. The van der Waals surface area contributed by atoms with Crippen LogP contribution >= 0.6 is 11.6 Å². The van der Waals surface area contributed by atoms with Gasteiger partial charge in [-0.2, -0.15) is 0 Å². The highest BCUT2D eigenvalue weighted by Crippen LogP contribution is 2.25. The fourth-order valence-corrected chi connectivity index (χ4v) is 1.38. The minimum Gasteiger partial charge on any atom is -0.466 e. The molecule has 0 saturated carbocycles. The number of rotatable bonds is 7. The van der Waals surface area contributed by atoms with Crippen LogP contribution < -0.4 is 10.1 Å². The molecule has 0 radical (unpaired) electrons. The third-order valence-corrected chi connectivity index (χ3v) is 2.41. The first-order valence-corrected chi connectivity index (χ1v) is 5.96. The zero-order valence-electron chi connectivity index (χ0n) is 10.2. The maximum Gasteiger partial charge on any atom is 0.251 e. The van der Waals surface area contributed by atoms with Crippen LogP contribution in [0.1, 0.15) is 17.3 Å². The molecule has 1 rings (SSSR count). The summed E-state index contributed by atoms with van der Waals surface area (Å²) in [6, 6.07) is 4.83. The number of benzene rings is 1. The average molecular weight is 270 g/mol. The van der Waals surface area contributed by atoms with Gasteiger partial charge < -0.3 is 14.8 Å². The van der Waals surface area contributed by atoms with E-state index in [1.807, 2.05) is 6.92 Å². The number of carbonyl (C=O) groups excluding carboxylic acids is 1. The highest BCUT2D eigenvalue weighted by atomic mass is 35.5. The number of halogens is 1. The summed E-state index contributed by atoms with van der Waals surface area (Å²) in [6.07, 6.45) is 1.61. The van der Waals surface area contributed by atoms with E-state index < -0.39 is 0 Å². The molecule has 0 fully saturated rings. The maximum absolute atomic E-state index is 11.7. The van der Waals surface area contributed by atoms with E-state index in [0.29, 0.717) is 29.5 Å². The van der Waals surface area contributed by atoms with Gasteiger partial charge in [0.2, 0.25) is 0 Å². The molecule has 4 nitrogen and oxygen atoms in total. The van der Waals surface area contributed by atoms with Crippen LogP contribution in [0, 0.1) is 0 Å². The number of amides is 1. The average Bonchev–Trinajstić information content (AvgIpc) is 2.38. The van der Waals surface area contributed by atoms with E-state index in [0.717, 1.165) is 0 Å². The van der Waals surface area contributed by atoms with Crippen LogP contribution in [-0.4, -0.2) is 25.9 Å². The second-order valence-corrected chi connectivity index (χ2v) is 3.81. The third kappa shape index (κ3) is 4.39. The van der Waals surface area contributed by atoms with Crippen LogP contribution in [0.4, 0.5) is 0 Å². The van der Waals surface area contributed by atoms with Crippen LogP contribution in [0.25, 0.3) is 0 Å². The van der Waals surface area contributed by atoms with Crippen molar-refractivity contribution in [3.8, 4) is 5.75 Å². The van der Waals surface area contributed by atoms with Crippen molar-refractivity contribution < 1.29 is 14.3 Å². The summed E-state index contributed by atoms with van der Waals surface area (Å²) in [5.41, 5.74) is 0.479. The molecule has 1 amide bonds. The van der Waals surface area contributed by atoms with Gasteiger partial charge in [-0.3, -0.25) is 4.79 Å². The highest BCUT2D eigenvalue weighted by molar-refractivity contribution is 6.32. The number of hydrogen-bond donors (Lipinski definition) is 1. The Bertz CT molecular complexity index is 421. The van der Waals surface area contributed by atoms with Gasteiger partial charge in [-0.15, -0.1) is 6.58 Å². The summed E-state index contributed by atoms with van der Waals surface area (Å²) in [7, 11) is 0. The summed E-state index contributed by atoms with van der Waals surface area (Å²) in [4.78, 5) is 11.7. The van der Waals surface area contributed by atoms with Gasteiger partial charge in [0, 0.05) is 18.7 Å². The normalized spacial score (nSPS) is 9.89. The highest BCUT2D eigenvalue weighted by Gasteiger charge is 2.09. The Balaban J connectivity index is 2.73. The fourth-order valence-electron chi connectivity index (χ4n) is 1.21. The van der Waals surface area contributed by atoms with Crippen molar-refractivity contribution in [2.45, 2.75) is 6.92 Å². The van der Waals surface area contributed by atoms with Gasteiger partial charge in [-0.05, 0) is 25.1 Å². The summed E-state index contributed by atoms with van der Waals surface area (Å²) < 4.78 is 10.4. The van der Waals surface area contributed by atoms with Crippen molar-refractivity contribution in [3.05, 3.63) is 41.4 Å². The van der Waals surface area contributed by atoms with Crippen LogP contribution in [0.3, 0.4) is 0 Å². The standard InChI is InChI=1S/C13H16ClNO3/c1-3-7-15-13(16)10-5-6-11(14)12(8-10)18-9-17-4-2/h3,5-6,8H,1,4,7,9H2,2H3,(H,15,16). The van der Waals surface area contributed by atoms with Crippen molar-refractivity contribution in [2.24, 2.45) is 0 Å². The smallest absolute Gasteiger partial charge is 0.251 e. The third-order valence-electron chi connectivity index (χ3n) is 2.10. The van der Waals surface area contributed by atoms with E-state index in [9.17, 15) is 4.79 Å². The number of hydrogen-bond acceptors (Lipinski definition) is 3. The molecule has 0 atom stereocenters. The van der Waals surface area contributed by atoms with Gasteiger partial charge in [-0.1, -0.05) is 17.7 Å². The Hall–Kier alpha value is -1.52. The fraction of sp³-hybridized carbons (Fsp3) is 0.308. The van der Waals surface area contributed by atoms with Gasteiger partial charge in [0.05, 0.1) is 5.02 Å². The number of nitrogens with one attached hydrogen (secondary N) is 1. The predicted molar refractivity (Wildman–Crippen MR) is 71.1 cm³/mol. The molecule has 0 unspecified atom stereocenters. The largest absolute Gasteiger partial charge is 0.466 e. The first kappa shape index (κ1) is 14.5. The molecular weight excluding hydrogens is 254 g/mol. The lowest BCUT2D eigenvalue weighted by Crippen LogP contribution is -2.23. The Kier molecular flexibility index (Phi) is 6.25. The van der Waals surface area contributed by atoms with Crippen molar-refractivity contribution in [1.82, 2.24) is 5.32 Å². The van der Waals surface area contributed by atoms with E-state index >= 15 is 0 Å². The lowest BCUT2D eigenvalue weighted by molar-refractivity contribution is 0.0224. The molecule has 1 N–H and O–H groups in total. The van der Waals surface area contributed by atoms with Crippen LogP contribution in [-0.2, 0) is 4.74 Å². The lowest BCUT2D eigenvalue weighted by Gasteiger charge is -2.09. The minimum atomic E-state index is -0.201. The van der Waals surface area contributed by atoms with E-state index in [1.54, 1.807) is 24.3 Å². The Labute approximate surface area is 112 Å². The van der Waals surface area contributed by atoms with Crippen molar-refractivity contribution >= 4 is 17.5 Å². The molecule has 0 saturated heterocycles. The van der Waals surface area contributed by atoms with E-state index in [1.165, 1.54) is 0 Å². The monoisotopic (exact) mass is 269 g/mol. The molecule has 1 aromatic rings. The van der Waals surface area contributed by atoms with E-state index in [2.05, 4.69) is 11.9 Å². The molecule has 18 heavy (non-hydrogen) atoms. The predicted octanol–water partition coefficient (Wildman–Crippen LogP) is 2.63. The molecule has 0 aliphatic rings. The van der Waals surface area contributed by atoms with Crippen LogP contribution in [0.15, 0.2) is 30.9 Å². The van der Waals surface area contributed by atoms with Gasteiger partial charge in [0.15, 0.2) is 6.79 Å². The summed E-state index contributed by atoms with van der Waals surface area (Å²) in [6.45, 7) is 6.47. The Morgan fingerprint density at radius 1 is 1.56 bits per heavy atom. The molecule has 1 aromatic carbocycles.